The zero-order valence-electron chi connectivity index (χ0n) is 25.1. The van der Waals surface area contributed by atoms with Gasteiger partial charge in [0.1, 0.15) is 0 Å². The van der Waals surface area contributed by atoms with Crippen molar-refractivity contribution in [3.63, 3.8) is 0 Å². The minimum Gasteiger partial charge on any atom is -0.309 e. The Morgan fingerprint density at radius 1 is 0.304 bits per heavy atom. The third kappa shape index (κ3) is 3.59. The maximum absolute atomic E-state index is 2.46. The fraction of sp³-hybridized carbons (Fsp3) is 0. The number of rotatable bonds is 3. The average molecular weight is 585 g/mol. The van der Waals surface area contributed by atoms with E-state index in [1.54, 1.807) is 0 Å². The molecule has 0 radical (unpaired) electrons. The van der Waals surface area contributed by atoms with Gasteiger partial charge >= 0.3 is 0 Å². The Kier molecular flexibility index (Phi) is 5.31. The number of nitrogens with zero attached hydrogens (tertiary/aromatic N) is 2. The van der Waals surface area contributed by atoms with Crippen molar-refractivity contribution in [3.8, 4) is 22.5 Å². The molecule has 0 N–H and O–H groups in total. The lowest BCUT2D eigenvalue weighted by Gasteiger charge is -2.12. The highest BCUT2D eigenvalue weighted by atomic mass is 15.0. The number of fused-ring (bicyclic) bond motifs is 9. The Morgan fingerprint density at radius 2 is 0.935 bits per heavy atom. The van der Waals surface area contributed by atoms with Crippen molar-refractivity contribution < 1.29 is 0 Å². The van der Waals surface area contributed by atoms with Gasteiger partial charge in [-0.3, -0.25) is 0 Å². The first-order valence-electron chi connectivity index (χ1n) is 15.9. The predicted octanol–water partition coefficient (Wildman–Crippen LogP) is 11.9. The van der Waals surface area contributed by atoms with Crippen molar-refractivity contribution in [1.82, 2.24) is 9.13 Å². The van der Waals surface area contributed by atoms with Crippen LogP contribution in [0.4, 0.5) is 0 Å². The molecule has 0 bridgehead atoms. The maximum Gasteiger partial charge on any atom is 0.0562 e. The van der Waals surface area contributed by atoms with Crippen molar-refractivity contribution >= 4 is 65.2 Å². The van der Waals surface area contributed by atoms with Gasteiger partial charge in [0.2, 0.25) is 0 Å². The second-order valence-corrected chi connectivity index (χ2v) is 12.2. The number of para-hydroxylation sites is 1. The van der Waals surface area contributed by atoms with E-state index in [2.05, 4.69) is 179 Å². The van der Waals surface area contributed by atoms with Gasteiger partial charge in [0.05, 0.1) is 27.8 Å². The molecule has 0 aliphatic heterocycles. The monoisotopic (exact) mass is 584 g/mol. The van der Waals surface area contributed by atoms with Crippen LogP contribution in [0.15, 0.2) is 170 Å². The van der Waals surface area contributed by atoms with E-state index in [9.17, 15) is 0 Å². The zero-order chi connectivity index (χ0) is 30.2. The molecule has 10 aromatic rings. The van der Waals surface area contributed by atoms with Gasteiger partial charge in [0.15, 0.2) is 0 Å². The Labute approximate surface area is 266 Å². The molecule has 2 nitrogen and oxygen atoms in total. The van der Waals surface area contributed by atoms with E-state index in [0.29, 0.717) is 0 Å². The van der Waals surface area contributed by atoms with Crippen LogP contribution in [0.3, 0.4) is 0 Å². The fourth-order valence-corrected chi connectivity index (χ4v) is 7.62. The number of hydrogen-bond acceptors (Lipinski definition) is 0. The van der Waals surface area contributed by atoms with Gasteiger partial charge in [-0.05, 0) is 69.8 Å². The molecule has 0 amide bonds. The zero-order valence-corrected chi connectivity index (χ0v) is 25.1. The minimum absolute atomic E-state index is 1.15. The molecule has 0 atom stereocenters. The van der Waals surface area contributed by atoms with Gasteiger partial charge in [0, 0.05) is 32.6 Å². The van der Waals surface area contributed by atoms with Crippen molar-refractivity contribution in [1.29, 1.82) is 0 Å². The standard InChI is InChI=1S/C44H28N2/c1-2-11-29(12-3-1)30-21-24-33(25-22-30)45-41-26-23-32-14-5-7-17-35(32)44(41)38-27-37-36-18-8-9-19-40(36)46(42(37)28-43(38)45)39-20-10-15-31-13-4-6-16-34(31)39/h1-28H. The molecule has 0 spiro atoms. The van der Waals surface area contributed by atoms with Crippen molar-refractivity contribution in [3.05, 3.63) is 170 Å². The van der Waals surface area contributed by atoms with Crippen LogP contribution in [0.25, 0.3) is 87.7 Å². The fourth-order valence-electron chi connectivity index (χ4n) is 7.62. The Balaban J connectivity index is 1.35. The Morgan fingerprint density at radius 3 is 1.76 bits per heavy atom. The van der Waals surface area contributed by atoms with Crippen molar-refractivity contribution in [2.24, 2.45) is 0 Å². The highest BCUT2D eigenvalue weighted by molar-refractivity contribution is 6.25. The third-order valence-corrected chi connectivity index (χ3v) is 9.69. The Bertz CT molecular complexity index is 2770. The Hall–Kier alpha value is -6.12. The summed E-state index contributed by atoms with van der Waals surface area (Å²) in [5.41, 5.74) is 9.64. The quantitative estimate of drug-likeness (QED) is 0.195. The van der Waals surface area contributed by atoms with E-state index < -0.39 is 0 Å². The molecule has 46 heavy (non-hydrogen) atoms. The van der Waals surface area contributed by atoms with Crippen LogP contribution < -0.4 is 0 Å². The molecule has 2 aromatic heterocycles. The van der Waals surface area contributed by atoms with E-state index in [0.717, 1.165) is 5.69 Å². The molecule has 0 saturated heterocycles. The summed E-state index contributed by atoms with van der Waals surface area (Å²) in [4.78, 5) is 0. The van der Waals surface area contributed by atoms with Crippen LogP contribution >= 0.6 is 0 Å². The first-order chi connectivity index (χ1) is 22.8. The molecule has 10 rings (SSSR count). The molecular weight excluding hydrogens is 556 g/mol. The molecule has 0 saturated carbocycles. The highest BCUT2D eigenvalue weighted by Gasteiger charge is 2.20. The first-order valence-corrected chi connectivity index (χ1v) is 15.9. The van der Waals surface area contributed by atoms with Crippen LogP contribution in [0.5, 0.6) is 0 Å². The largest absolute Gasteiger partial charge is 0.309 e. The molecule has 2 heterocycles. The lowest BCUT2D eigenvalue weighted by Crippen LogP contribution is -1.96. The van der Waals surface area contributed by atoms with Crippen molar-refractivity contribution in [2.75, 3.05) is 0 Å². The summed E-state index contributed by atoms with van der Waals surface area (Å²) in [7, 11) is 0. The lowest BCUT2D eigenvalue weighted by atomic mass is 10.0. The molecule has 0 unspecified atom stereocenters. The lowest BCUT2D eigenvalue weighted by molar-refractivity contribution is 1.17. The summed E-state index contributed by atoms with van der Waals surface area (Å²) in [6.07, 6.45) is 0. The topological polar surface area (TPSA) is 9.86 Å². The average Bonchev–Trinajstić information content (AvgIpc) is 3.63. The molecule has 0 aliphatic carbocycles. The van der Waals surface area contributed by atoms with Crippen LogP contribution in [0.2, 0.25) is 0 Å². The van der Waals surface area contributed by atoms with E-state index >= 15 is 0 Å². The summed E-state index contributed by atoms with van der Waals surface area (Å²) >= 11 is 0. The van der Waals surface area contributed by atoms with Gasteiger partial charge in [-0.25, -0.2) is 0 Å². The summed E-state index contributed by atoms with van der Waals surface area (Å²) in [6.45, 7) is 0. The van der Waals surface area contributed by atoms with Crippen LogP contribution in [0, 0.1) is 0 Å². The van der Waals surface area contributed by atoms with E-state index in [-0.39, 0.29) is 0 Å². The SMILES string of the molecule is c1ccc(-c2ccc(-n3c4cc5c(cc4c4c6ccccc6ccc43)c3ccccc3n5-c3cccc4ccccc34)cc2)cc1. The number of hydrogen-bond donors (Lipinski definition) is 0. The summed E-state index contributed by atoms with van der Waals surface area (Å²) in [5, 5.41) is 10.1. The number of aromatic nitrogens is 2. The molecule has 2 heteroatoms. The van der Waals surface area contributed by atoms with Crippen LogP contribution in [-0.2, 0) is 0 Å². The van der Waals surface area contributed by atoms with E-state index in [1.807, 2.05) is 0 Å². The number of benzene rings is 8. The van der Waals surface area contributed by atoms with Gasteiger partial charge in [-0.15, -0.1) is 0 Å². The van der Waals surface area contributed by atoms with Gasteiger partial charge in [0.25, 0.3) is 0 Å². The molecular formula is C44H28N2. The molecule has 8 aromatic carbocycles. The third-order valence-electron chi connectivity index (χ3n) is 9.69. The maximum atomic E-state index is 2.46. The normalized spacial score (nSPS) is 11.9. The van der Waals surface area contributed by atoms with Gasteiger partial charge in [-0.1, -0.05) is 127 Å². The molecule has 0 aliphatic rings. The van der Waals surface area contributed by atoms with Gasteiger partial charge in [-0.2, -0.15) is 0 Å². The van der Waals surface area contributed by atoms with Crippen molar-refractivity contribution in [2.45, 2.75) is 0 Å². The molecule has 214 valence electrons. The summed E-state index contributed by atoms with van der Waals surface area (Å²) in [6, 6.07) is 62.0. The summed E-state index contributed by atoms with van der Waals surface area (Å²) in [5.74, 6) is 0. The second kappa shape index (κ2) is 9.69. The minimum atomic E-state index is 1.15. The first kappa shape index (κ1) is 25.2. The molecule has 0 fully saturated rings. The van der Waals surface area contributed by atoms with Crippen LogP contribution in [0.1, 0.15) is 0 Å². The van der Waals surface area contributed by atoms with Crippen LogP contribution in [-0.4, -0.2) is 9.13 Å². The van der Waals surface area contributed by atoms with E-state index in [4.69, 9.17) is 0 Å². The van der Waals surface area contributed by atoms with E-state index in [1.165, 1.54) is 82.0 Å². The van der Waals surface area contributed by atoms with Gasteiger partial charge < -0.3 is 9.13 Å². The highest BCUT2D eigenvalue weighted by Crippen LogP contribution is 2.42. The smallest absolute Gasteiger partial charge is 0.0562 e. The second-order valence-electron chi connectivity index (χ2n) is 12.2. The summed E-state index contributed by atoms with van der Waals surface area (Å²) < 4.78 is 4.92. The predicted molar refractivity (Wildman–Crippen MR) is 196 cm³/mol.